The number of amides is 1. The predicted octanol–water partition coefficient (Wildman–Crippen LogP) is 2.66. The van der Waals surface area contributed by atoms with Gasteiger partial charge in [0.1, 0.15) is 5.82 Å². The van der Waals surface area contributed by atoms with E-state index in [1.807, 2.05) is 6.92 Å². The second kappa shape index (κ2) is 5.70. The minimum atomic E-state index is -0.730. The van der Waals surface area contributed by atoms with Gasteiger partial charge in [0.25, 0.3) is 0 Å². The number of nitrogens with one attached hydrogen (secondary N) is 1. The van der Waals surface area contributed by atoms with E-state index >= 15 is 0 Å². The van der Waals surface area contributed by atoms with Gasteiger partial charge in [-0.15, -0.1) is 0 Å². The third-order valence-corrected chi connectivity index (χ3v) is 3.92. The molecule has 0 spiro atoms. The van der Waals surface area contributed by atoms with Gasteiger partial charge in [0.05, 0.1) is 11.6 Å². The van der Waals surface area contributed by atoms with Crippen LogP contribution >= 0.6 is 0 Å². The predicted molar refractivity (Wildman–Crippen MR) is 73.0 cm³/mol. The first-order valence-corrected chi connectivity index (χ1v) is 6.86. The lowest BCUT2D eigenvalue weighted by Crippen LogP contribution is -2.55. The lowest BCUT2D eigenvalue weighted by atomic mass is 9.81. The maximum absolute atomic E-state index is 12.9. The van der Waals surface area contributed by atoms with Crippen molar-refractivity contribution in [1.29, 1.82) is 0 Å². The molecule has 0 unspecified atom stereocenters. The van der Waals surface area contributed by atoms with E-state index in [2.05, 4.69) is 5.32 Å². The smallest absolute Gasteiger partial charge is 0.240 e. The lowest BCUT2D eigenvalue weighted by Gasteiger charge is -2.33. The van der Waals surface area contributed by atoms with Crippen molar-refractivity contribution in [2.75, 3.05) is 0 Å². The van der Waals surface area contributed by atoms with Gasteiger partial charge in [-0.3, -0.25) is 4.79 Å². The number of halogens is 1. The van der Waals surface area contributed by atoms with Crippen LogP contribution in [0, 0.1) is 5.82 Å². The van der Waals surface area contributed by atoms with Crippen molar-refractivity contribution in [3.8, 4) is 0 Å². The monoisotopic (exact) mass is 264 g/mol. The number of rotatable bonds is 3. The molecule has 3 nitrogen and oxygen atoms in total. The second-order valence-corrected chi connectivity index (χ2v) is 5.46. The molecule has 2 rings (SSSR count). The van der Waals surface area contributed by atoms with Crippen molar-refractivity contribution in [3.63, 3.8) is 0 Å². The molecule has 1 aliphatic carbocycles. The molecule has 1 atom stereocenters. The van der Waals surface area contributed by atoms with Gasteiger partial charge in [0, 0.05) is 0 Å². The molecule has 0 saturated heterocycles. The van der Waals surface area contributed by atoms with Gasteiger partial charge < -0.3 is 11.1 Å². The van der Waals surface area contributed by atoms with E-state index in [9.17, 15) is 9.18 Å². The van der Waals surface area contributed by atoms with Crippen LogP contribution in [0.2, 0.25) is 0 Å². The fourth-order valence-corrected chi connectivity index (χ4v) is 2.58. The topological polar surface area (TPSA) is 55.1 Å². The van der Waals surface area contributed by atoms with Crippen LogP contribution in [0.15, 0.2) is 24.3 Å². The second-order valence-electron chi connectivity index (χ2n) is 5.46. The number of carbonyl (C=O) groups excluding carboxylic acids is 1. The highest BCUT2D eigenvalue weighted by molar-refractivity contribution is 5.86. The van der Waals surface area contributed by atoms with Gasteiger partial charge >= 0.3 is 0 Å². The Balaban J connectivity index is 2.00. The molecule has 1 fully saturated rings. The zero-order valence-corrected chi connectivity index (χ0v) is 11.3. The van der Waals surface area contributed by atoms with E-state index in [0.29, 0.717) is 0 Å². The van der Waals surface area contributed by atoms with Crippen LogP contribution in [0.25, 0.3) is 0 Å². The summed E-state index contributed by atoms with van der Waals surface area (Å²) in [6.45, 7) is 1.89. The molecule has 4 heteroatoms. The first-order valence-electron chi connectivity index (χ1n) is 6.86. The van der Waals surface area contributed by atoms with Gasteiger partial charge in [0.2, 0.25) is 5.91 Å². The van der Waals surface area contributed by atoms with Crippen LogP contribution in [0.1, 0.15) is 50.6 Å². The Labute approximate surface area is 113 Å². The van der Waals surface area contributed by atoms with Crippen LogP contribution in [0.4, 0.5) is 4.39 Å². The van der Waals surface area contributed by atoms with E-state index in [1.165, 1.54) is 12.1 Å². The molecule has 0 aromatic heterocycles. The SMILES string of the molecule is C[C@H](NC(=O)C1(N)CCCCC1)c1ccc(F)cc1. The van der Waals surface area contributed by atoms with E-state index < -0.39 is 5.54 Å². The molecule has 0 heterocycles. The summed E-state index contributed by atoms with van der Waals surface area (Å²) >= 11 is 0. The van der Waals surface area contributed by atoms with Crippen molar-refractivity contribution in [1.82, 2.24) is 5.32 Å². The molecule has 0 bridgehead atoms. The zero-order chi connectivity index (χ0) is 13.9. The summed E-state index contributed by atoms with van der Waals surface area (Å²) < 4.78 is 12.9. The number of hydrogen-bond donors (Lipinski definition) is 2. The molecule has 104 valence electrons. The minimum absolute atomic E-state index is 0.0935. The molecule has 1 aromatic carbocycles. The van der Waals surface area contributed by atoms with Crippen molar-refractivity contribution in [2.45, 2.75) is 50.6 Å². The Kier molecular flexibility index (Phi) is 4.20. The molecular formula is C15H21FN2O. The van der Waals surface area contributed by atoms with E-state index in [-0.39, 0.29) is 17.8 Å². The van der Waals surface area contributed by atoms with Gasteiger partial charge in [-0.2, -0.15) is 0 Å². The van der Waals surface area contributed by atoms with Crippen LogP contribution < -0.4 is 11.1 Å². The van der Waals surface area contributed by atoms with E-state index in [0.717, 1.165) is 37.7 Å². The standard InChI is InChI=1S/C15H21FN2O/c1-11(12-5-7-13(16)8-6-12)18-14(19)15(17)9-3-2-4-10-15/h5-8,11H,2-4,9-10,17H2,1H3,(H,18,19)/t11-/m0/s1. The maximum Gasteiger partial charge on any atom is 0.240 e. The molecule has 1 amide bonds. The number of hydrogen-bond acceptors (Lipinski definition) is 2. The molecule has 19 heavy (non-hydrogen) atoms. The highest BCUT2D eigenvalue weighted by Crippen LogP contribution is 2.27. The Morgan fingerprint density at radius 2 is 1.84 bits per heavy atom. The first kappa shape index (κ1) is 14.0. The van der Waals surface area contributed by atoms with Crippen molar-refractivity contribution >= 4 is 5.91 Å². The Hall–Kier alpha value is -1.42. The maximum atomic E-state index is 12.9. The Morgan fingerprint density at radius 1 is 1.26 bits per heavy atom. The van der Waals surface area contributed by atoms with Gasteiger partial charge in [-0.05, 0) is 37.5 Å². The van der Waals surface area contributed by atoms with Crippen molar-refractivity contribution in [3.05, 3.63) is 35.6 Å². The molecule has 1 aliphatic rings. The average molecular weight is 264 g/mol. The zero-order valence-electron chi connectivity index (χ0n) is 11.3. The summed E-state index contributed by atoms with van der Waals surface area (Å²) in [6.07, 6.45) is 4.66. The highest BCUT2D eigenvalue weighted by atomic mass is 19.1. The van der Waals surface area contributed by atoms with Gasteiger partial charge in [-0.25, -0.2) is 4.39 Å². The van der Waals surface area contributed by atoms with Crippen LogP contribution in [-0.4, -0.2) is 11.4 Å². The number of carbonyl (C=O) groups is 1. The molecule has 1 saturated carbocycles. The Morgan fingerprint density at radius 3 is 2.42 bits per heavy atom. The highest BCUT2D eigenvalue weighted by Gasteiger charge is 2.35. The minimum Gasteiger partial charge on any atom is -0.348 e. The van der Waals surface area contributed by atoms with Gasteiger partial charge in [0.15, 0.2) is 0 Å². The van der Waals surface area contributed by atoms with E-state index in [4.69, 9.17) is 5.73 Å². The van der Waals surface area contributed by atoms with E-state index in [1.54, 1.807) is 12.1 Å². The fourth-order valence-electron chi connectivity index (χ4n) is 2.58. The first-order chi connectivity index (χ1) is 9.01. The summed E-state index contributed by atoms with van der Waals surface area (Å²) in [5.74, 6) is -0.367. The molecule has 0 radical (unpaired) electrons. The summed E-state index contributed by atoms with van der Waals surface area (Å²) in [7, 11) is 0. The molecule has 3 N–H and O–H groups in total. The number of benzene rings is 1. The third kappa shape index (κ3) is 3.32. The normalized spacial score (nSPS) is 19.7. The third-order valence-electron chi connectivity index (χ3n) is 3.92. The quantitative estimate of drug-likeness (QED) is 0.882. The molecular weight excluding hydrogens is 243 g/mol. The molecule has 1 aromatic rings. The summed E-state index contributed by atoms with van der Waals surface area (Å²) in [4.78, 5) is 12.3. The Bertz CT molecular complexity index is 438. The average Bonchev–Trinajstić information content (AvgIpc) is 2.40. The summed E-state index contributed by atoms with van der Waals surface area (Å²) in [6, 6.07) is 6.01. The summed E-state index contributed by atoms with van der Waals surface area (Å²) in [5.41, 5.74) is 6.33. The fraction of sp³-hybridized carbons (Fsp3) is 0.533. The number of nitrogens with two attached hydrogens (primary N) is 1. The van der Waals surface area contributed by atoms with Gasteiger partial charge in [-0.1, -0.05) is 31.4 Å². The van der Waals surface area contributed by atoms with Crippen molar-refractivity contribution < 1.29 is 9.18 Å². The molecule has 0 aliphatic heterocycles. The van der Waals surface area contributed by atoms with Crippen LogP contribution in [0.3, 0.4) is 0 Å². The largest absolute Gasteiger partial charge is 0.348 e. The lowest BCUT2D eigenvalue weighted by molar-refractivity contribution is -0.128. The van der Waals surface area contributed by atoms with Crippen molar-refractivity contribution in [2.24, 2.45) is 5.73 Å². The summed E-state index contributed by atoms with van der Waals surface area (Å²) in [5, 5.41) is 2.94. The van der Waals surface area contributed by atoms with Crippen LogP contribution in [-0.2, 0) is 4.79 Å². The van der Waals surface area contributed by atoms with Crippen LogP contribution in [0.5, 0.6) is 0 Å².